The van der Waals surface area contributed by atoms with E-state index in [0.29, 0.717) is 12.1 Å². The summed E-state index contributed by atoms with van der Waals surface area (Å²) < 4.78 is 0. The maximum absolute atomic E-state index is 4.73. The minimum Gasteiger partial charge on any atom is -0.342 e. The maximum Gasteiger partial charge on any atom is 0.185 e. The van der Waals surface area contributed by atoms with Crippen LogP contribution < -0.4 is 10.2 Å². The smallest absolute Gasteiger partial charge is 0.185 e. The molecule has 4 heteroatoms. The van der Waals surface area contributed by atoms with Crippen molar-refractivity contribution in [3.63, 3.8) is 0 Å². The van der Waals surface area contributed by atoms with Gasteiger partial charge in [-0.1, -0.05) is 6.92 Å². The number of fused-ring (bicyclic) bond motifs is 2. The van der Waals surface area contributed by atoms with Crippen molar-refractivity contribution in [2.24, 2.45) is 0 Å². The molecule has 1 N–H and O–H groups in total. The average molecular weight is 279 g/mol. The van der Waals surface area contributed by atoms with Crippen molar-refractivity contribution in [1.29, 1.82) is 0 Å². The standard InChI is InChI=1S/C15H25N3S/c1-3-7-16-12-8-13-5-4-6-14(9-12)18(13)15-17-11(2)10-19-15/h10,12-14,16H,3-9H2,1-2H3. The molecule has 1 aromatic heterocycles. The van der Waals surface area contributed by atoms with Crippen LogP contribution in [-0.2, 0) is 0 Å². The van der Waals surface area contributed by atoms with Crippen molar-refractivity contribution in [3.8, 4) is 0 Å². The van der Waals surface area contributed by atoms with Gasteiger partial charge in [-0.05, 0) is 52.0 Å². The van der Waals surface area contributed by atoms with Gasteiger partial charge in [0.1, 0.15) is 0 Å². The lowest BCUT2D eigenvalue weighted by molar-refractivity contribution is 0.245. The highest BCUT2D eigenvalue weighted by Crippen LogP contribution is 2.38. The summed E-state index contributed by atoms with van der Waals surface area (Å²) in [5, 5.41) is 7.19. The van der Waals surface area contributed by atoms with Crippen LogP contribution in [0.1, 0.15) is 51.1 Å². The predicted molar refractivity (Wildman–Crippen MR) is 82.1 cm³/mol. The van der Waals surface area contributed by atoms with Crippen LogP contribution in [-0.4, -0.2) is 29.7 Å². The number of anilines is 1. The first-order chi connectivity index (χ1) is 9.28. The third-order valence-corrected chi connectivity index (χ3v) is 5.46. The lowest BCUT2D eigenvalue weighted by atomic mass is 9.82. The van der Waals surface area contributed by atoms with Gasteiger partial charge in [-0.2, -0.15) is 0 Å². The van der Waals surface area contributed by atoms with Gasteiger partial charge in [0.25, 0.3) is 0 Å². The van der Waals surface area contributed by atoms with E-state index < -0.39 is 0 Å². The van der Waals surface area contributed by atoms with E-state index in [9.17, 15) is 0 Å². The Morgan fingerprint density at radius 2 is 2.11 bits per heavy atom. The SMILES string of the molecule is CCCNC1CC2CCCC(C1)N2c1nc(C)cs1. The molecule has 0 amide bonds. The molecule has 0 radical (unpaired) electrons. The molecule has 106 valence electrons. The predicted octanol–water partition coefficient (Wildman–Crippen LogP) is 3.34. The van der Waals surface area contributed by atoms with E-state index in [4.69, 9.17) is 4.98 Å². The van der Waals surface area contributed by atoms with Crippen molar-refractivity contribution in [2.45, 2.75) is 70.5 Å². The zero-order valence-corrected chi connectivity index (χ0v) is 12.9. The molecule has 19 heavy (non-hydrogen) atoms. The molecule has 2 aliphatic heterocycles. The van der Waals surface area contributed by atoms with Gasteiger partial charge in [-0.15, -0.1) is 11.3 Å². The van der Waals surface area contributed by atoms with E-state index in [2.05, 4.69) is 29.4 Å². The normalized spacial score (nSPS) is 30.6. The maximum atomic E-state index is 4.73. The summed E-state index contributed by atoms with van der Waals surface area (Å²) in [5.74, 6) is 0. The van der Waals surface area contributed by atoms with E-state index in [1.807, 2.05) is 11.3 Å². The van der Waals surface area contributed by atoms with Crippen molar-refractivity contribution >= 4 is 16.5 Å². The van der Waals surface area contributed by atoms with Gasteiger partial charge in [0.15, 0.2) is 5.13 Å². The van der Waals surface area contributed by atoms with Gasteiger partial charge in [-0.25, -0.2) is 4.98 Å². The number of thiazole rings is 1. The molecule has 2 bridgehead atoms. The minimum atomic E-state index is 0.715. The average Bonchev–Trinajstić information content (AvgIpc) is 2.81. The van der Waals surface area contributed by atoms with E-state index in [1.54, 1.807) is 0 Å². The quantitative estimate of drug-likeness (QED) is 0.916. The fourth-order valence-corrected chi connectivity index (χ4v) is 4.61. The van der Waals surface area contributed by atoms with Crippen LogP contribution >= 0.6 is 11.3 Å². The molecular formula is C15H25N3S. The molecule has 0 aliphatic carbocycles. The molecule has 2 aliphatic rings. The number of aryl methyl sites for hydroxylation is 1. The molecule has 2 unspecified atom stereocenters. The first-order valence-electron chi connectivity index (χ1n) is 7.71. The number of rotatable bonds is 4. The molecule has 3 rings (SSSR count). The number of aromatic nitrogens is 1. The van der Waals surface area contributed by atoms with Crippen LogP contribution in [0.3, 0.4) is 0 Å². The van der Waals surface area contributed by atoms with Crippen molar-refractivity contribution in [3.05, 3.63) is 11.1 Å². The Hall–Kier alpha value is -0.610. The first kappa shape index (κ1) is 13.4. The van der Waals surface area contributed by atoms with Gasteiger partial charge in [0.2, 0.25) is 0 Å². The summed E-state index contributed by atoms with van der Waals surface area (Å²) in [5.41, 5.74) is 1.17. The fraction of sp³-hybridized carbons (Fsp3) is 0.800. The number of nitrogens with one attached hydrogen (secondary N) is 1. The lowest BCUT2D eigenvalue weighted by Crippen LogP contribution is -2.56. The van der Waals surface area contributed by atoms with Crippen LogP contribution in [0.5, 0.6) is 0 Å². The van der Waals surface area contributed by atoms with Gasteiger partial charge >= 0.3 is 0 Å². The summed E-state index contributed by atoms with van der Waals surface area (Å²) in [7, 11) is 0. The van der Waals surface area contributed by atoms with Crippen LogP contribution in [0.2, 0.25) is 0 Å². The second-order valence-corrected chi connectivity index (χ2v) is 6.88. The van der Waals surface area contributed by atoms with Crippen LogP contribution in [0.15, 0.2) is 5.38 Å². The second-order valence-electron chi connectivity index (χ2n) is 6.04. The Bertz CT molecular complexity index is 403. The molecule has 2 atom stereocenters. The minimum absolute atomic E-state index is 0.715. The van der Waals surface area contributed by atoms with Gasteiger partial charge in [0.05, 0.1) is 5.69 Å². The fourth-order valence-electron chi connectivity index (χ4n) is 3.67. The topological polar surface area (TPSA) is 28.2 Å². The monoisotopic (exact) mass is 279 g/mol. The highest BCUT2D eigenvalue weighted by atomic mass is 32.1. The highest BCUT2D eigenvalue weighted by molar-refractivity contribution is 7.13. The summed E-state index contributed by atoms with van der Waals surface area (Å²) in [6, 6.07) is 2.16. The van der Waals surface area contributed by atoms with E-state index in [1.165, 1.54) is 55.9 Å². The number of hydrogen-bond donors (Lipinski definition) is 1. The van der Waals surface area contributed by atoms with Crippen LogP contribution in [0.4, 0.5) is 5.13 Å². The molecule has 3 nitrogen and oxygen atoms in total. The summed E-state index contributed by atoms with van der Waals surface area (Å²) >= 11 is 1.83. The molecule has 0 aromatic carbocycles. The number of piperidine rings is 2. The Kier molecular flexibility index (Phi) is 4.08. The molecule has 1 aromatic rings. The molecule has 3 heterocycles. The Morgan fingerprint density at radius 3 is 2.68 bits per heavy atom. The molecule has 2 saturated heterocycles. The Balaban J connectivity index is 1.73. The van der Waals surface area contributed by atoms with Gasteiger partial charge < -0.3 is 10.2 Å². The zero-order valence-electron chi connectivity index (χ0n) is 12.1. The summed E-state index contributed by atoms with van der Waals surface area (Å²) in [4.78, 5) is 7.37. The Labute approximate surface area is 120 Å². The van der Waals surface area contributed by atoms with E-state index in [0.717, 1.165) is 6.04 Å². The van der Waals surface area contributed by atoms with Crippen LogP contribution in [0.25, 0.3) is 0 Å². The molecule has 0 saturated carbocycles. The van der Waals surface area contributed by atoms with Gasteiger partial charge in [0, 0.05) is 23.5 Å². The van der Waals surface area contributed by atoms with Crippen LogP contribution in [0, 0.1) is 6.92 Å². The third kappa shape index (κ3) is 2.79. The first-order valence-corrected chi connectivity index (χ1v) is 8.59. The van der Waals surface area contributed by atoms with Crippen molar-refractivity contribution in [2.75, 3.05) is 11.4 Å². The molecule has 2 fully saturated rings. The molecular weight excluding hydrogens is 254 g/mol. The Morgan fingerprint density at radius 1 is 1.37 bits per heavy atom. The van der Waals surface area contributed by atoms with E-state index in [-0.39, 0.29) is 0 Å². The summed E-state index contributed by atoms with van der Waals surface area (Å²) in [6.45, 7) is 5.52. The van der Waals surface area contributed by atoms with Gasteiger partial charge in [-0.3, -0.25) is 0 Å². The lowest BCUT2D eigenvalue weighted by Gasteiger charge is -2.49. The zero-order chi connectivity index (χ0) is 13.2. The third-order valence-electron chi connectivity index (χ3n) is 4.49. The number of hydrogen-bond acceptors (Lipinski definition) is 4. The van der Waals surface area contributed by atoms with Crippen molar-refractivity contribution in [1.82, 2.24) is 10.3 Å². The number of nitrogens with zero attached hydrogens (tertiary/aromatic N) is 2. The highest BCUT2D eigenvalue weighted by Gasteiger charge is 2.39. The van der Waals surface area contributed by atoms with Crippen molar-refractivity contribution < 1.29 is 0 Å². The summed E-state index contributed by atoms with van der Waals surface area (Å²) in [6.07, 6.45) is 7.93. The molecule has 0 spiro atoms. The second kappa shape index (κ2) is 5.80. The van der Waals surface area contributed by atoms with E-state index >= 15 is 0 Å². The largest absolute Gasteiger partial charge is 0.342 e.